The molecule has 0 bridgehead atoms. The van der Waals surface area contributed by atoms with E-state index in [-0.39, 0.29) is 5.75 Å². The van der Waals surface area contributed by atoms with Crippen LogP contribution < -0.4 is 10.2 Å². The monoisotopic (exact) mass is 352 g/mol. The molecule has 1 amide bonds. The predicted octanol–water partition coefficient (Wildman–Crippen LogP) is 3.86. The lowest BCUT2D eigenvalue weighted by molar-refractivity contribution is 0.0955. The fourth-order valence-electron chi connectivity index (χ4n) is 1.75. The van der Waals surface area contributed by atoms with Gasteiger partial charge >= 0.3 is 0 Å². The summed E-state index contributed by atoms with van der Waals surface area (Å²) in [6.07, 6.45) is 1.44. The highest BCUT2D eigenvalue weighted by atomic mass is 35.5. The zero-order chi connectivity index (χ0) is 16.8. The van der Waals surface area contributed by atoms with E-state index in [2.05, 4.69) is 10.5 Å². The van der Waals surface area contributed by atoms with Crippen LogP contribution in [0.5, 0.6) is 11.5 Å². The molecule has 0 saturated carbocycles. The normalized spacial score (nSPS) is 10.7. The van der Waals surface area contributed by atoms with Crippen molar-refractivity contribution in [2.24, 2.45) is 5.10 Å². The lowest BCUT2D eigenvalue weighted by atomic mass is 10.2. The molecule has 0 aliphatic rings. The number of hydrogen-bond acceptors (Lipinski definition) is 4. The number of hydrazone groups is 1. The van der Waals surface area contributed by atoms with Crippen molar-refractivity contribution in [1.82, 2.24) is 5.43 Å². The Kier molecular flexibility index (Phi) is 5.84. The van der Waals surface area contributed by atoms with Gasteiger partial charge in [0.25, 0.3) is 5.91 Å². The first kappa shape index (κ1) is 17.1. The lowest BCUT2D eigenvalue weighted by Gasteiger charge is -2.06. The molecule has 7 heteroatoms. The van der Waals surface area contributed by atoms with Crippen molar-refractivity contribution in [2.45, 2.75) is 6.92 Å². The summed E-state index contributed by atoms with van der Waals surface area (Å²) in [5.41, 5.74) is 3.40. The van der Waals surface area contributed by atoms with Crippen LogP contribution in [0.3, 0.4) is 0 Å². The average Bonchev–Trinajstić information content (AvgIpc) is 2.53. The lowest BCUT2D eigenvalue weighted by Crippen LogP contribution is -2.17. The van der Waals surface area contributed by atoms with Crippen molar-refractivity contribution in [3.63, 3.8) is 0 Å². The molecule has 23 heavy (non-hydrogen) atoms. The van der Waals surface area contributed by atoms with Crippen LogP contribution in [0.15, 0.2) is 41.5 Å². The standard InChI is InChI=1S/C16H14Cl2N2O3/c1-2-23-15-7-10(3-6-14(15)21)9-19-20-16(22)11-4-5-12(17)13(18)8-11/h3-9,21H,2H2,1H3,(H,20,22)/b19-9+. The van der Waals surface area contributed by atoms with Gasteiger partial charge in [0.2, 0.25) is 0 Å². The predicted molar refractivity (Wildman–Crippen MR) is 90.8 cm³/mol. The summed E-state index contributed by atoms with van der Waals surface area (Å²) in [7, 11) is 0. The smallest absolute Gasteiger partial charge is 0.271 e. The second-order valence-corrected chi connectivity index (χ2v) is 5.30. The minimum absolute atomic E-state index is 0.0452. The van der Waals surface area contributed by atoms with Crippen molar-refractivity contribution >= 4 is 35.3 Å². The number of ether oxygens (including phenoxy) is 1. The van der Waals surface area contributed by atoms with Crippen LogP contribution in [0.25, 0.3) is 0 Å². The van der Waals surface area contributed by atoms with E-state index in [1.165, 1.54) is 24.4 Å². The SMILES string of the molecule is CCOc1cc(/C=N/NC(=O)c2ccc(Cl)c(Cl)c2)ccc1O. The number of halogens is 2. The quantitative estimate of drug-likeness (QED) is 0.633. The largest absolute Gasteiger partial charge is 0.504 e. The molecule has 0 atom stereocenters. The number of hydrogen-bond donors (Lipinski definition) is 2. The van der Waals surface area contributed by atoms with Gasteiger partial charge in [-0.1, -0.05) is 23.2 Å². The summed E-state index contributed by atoms with van der Waals surface area (Å²) in [5, 5.41) is 14.1. The van der Waals surface area contributed by atoms with Crippen LogP contribution in [0, 0.1) is 0 Å². The number of amides is 1. The molecule has 0 heterocycles. The van der Waals surface area contributed by atoms with Crippen molar-refractivity contribution in [2.75, 3.05) is 6.61 Å². The highest BCUT2D eigenvalue weighted by molar-refractivity contribution is 6.42. The molecule has 2 aromatic carbocycles. The molecule has 0 aliphatic carbocycles. The Morgan fingerprint density at radius 3 is 2.74 bits per heavy atom. The summed E-state index contributed by atoms with van der Waals surface area (Å²) >= 11 is 11.7. The number of nitrogens with one attached hydrogen (secondary N) is 1. The maximum atomic E-state index is 11.9. The number of aromatic hydroxyl groups is 1. The Hall–Kier alpha value is -2.24. The minimum atomic E-state index is -0.413. The first-order valence-electron chi connectivity index (χ1n) is 6.75. The molecule has 0 aliphatic heterocycles. The van der Waals surface area contributed by atoms with Gasteiger partial charge < -0.3 is 9.84 Å². The molecule has 0 aromatic heterocycles. The van der Waals surface area contributed by atoms with Gasteiger partial charge in [-0.3, -0.25) is 4.79 Å². The number of carbonyl (C=O) groups is 1. The Morgan fingerprint density at radius 2 is 2.04 bits per heavy atom. The van der Waals surface area contributed by atoms with E-state index in [0.29, 0.717) is 33.5 Å². The maximum Gasteiger partial charge on any atom is 0.271 e. The van der Waals surface area contributed by atoms with Gasteiger partial charge in [-0.05, 0) is 48.9 Å². The topological polar surface area (TPSA) is 70.9 Å². The van der Waals surface area contributed by atoms with Gasteiger partial charge in [0.1, 0.15) is 0 Å². The van der Waals surface area contributed by atoms with Gasteiger partial charge in [0.15, 0.2) is 11.5 Å². The number of nitrogens with zero attached hydrogens (tertiary/aromatic N) is 1. The summed E-state index contributed by atoms with van der Waals surface area (Å²) < 4.78 is 5.27. The third-order valence-electron chi connectivity index (χ3n) is 2.85. The van der Waals surface area contributed by atoms with E-state index in [4.69, 9.17) is 27.9 Å². The van der Waals surface area contributed by atoms with E-state index < -0.39 is 5.91 Å². The van der Waals surface area contributed by atoms with E-state index in [9.17, 15) is 9.90 Å². The van der Waals surface area contributed by atoms with Crippen LogP contribution >= 0.6 is 23.2 Å². The molecule has 0 unspecified atom stereocenters. The zero-order valence-electron chi connectivity index (χ0n) is 12.2. The molecule has 0 saturated heterocycles. The summed E-state index contributed by atoms with van der Waals surface area (Å²) in [6, 6.07) is 9.31. The second-order valence-electron chi connectivity index (χ2n) is 4.49. The minimum Gasteiger partial charge on any atom is -0.504 e. The number of phenolic OH excluding ortho intramolecular Hbond substituents is 1. The Labute approximate surface area is 143 Å². The van der Waals surface area contributed by atoms with Gasteiger partial charge in [0.05, 0.1) is 22.9 Å². The fourth-order valence-corrected chi connectivity index (χ4v) is 2.05. The Morgan fingerprint density at radius 1 is 1.26 bits per heavy atom. The molecule has 2 aromatic rings. The molecule has 120 valence electrons. The number of phenols is 1. The molecular formula is C16H14Cl2N2O3. The molecule has 0 spiro atoms. The van der Waals surface area contributed by atoms with Crippen molar-refractivity contribution in [3.8, 4) is 11.5 Å². The van der Waals surface area contributed by atoms with E-state index in [1.54, 1.807) is 18.2 Å². The van der Waals surface area contributed by atoms with E-state index in [0.717, 1.165) is 0 Å². The Balaban J connectivity index is 2.04. The molecule has 0 radical (unpaired) electrons. The third-order valence-corrected chi connectivity index (χ3v) is 3.58. The highest BCUT2D eigenvalue weighted by Gasteiger charge is 2.07. The summed E-state index contributed by atoms with van der Waals surface area (Å²) in [4.78, 5) is 11.9. The number of benzene rings is 2. The Bertz CT molecular complexity index is 748. The van der Waals surface area contributed by atoms with Crippen molar-refractivity contribution < 1.29 is 14.6 Å². The number of rotatable bonds is 5. The molecule has 5 nitrogen and oxygen atoms in total. The van der Waals surface area contributed by atoms with Crippen LogP contribution in [0.2, 0.25) is 10.0 Å². The van der Waals surface area contributed by atoms with Crippen LogP contribution in [0.1, 0.15) is 22.8 Å². The maximum absolute atomic E-state index is 11.9. The van der Waals surface area contributed by atoms with Crippen LogP contribution in [-0.2, 0) is 0 Å². The third kappa shape index (κ3) is 4.61. The second kappa shape index (κ2) is 7.85. The molecule has 0 fully saturated rings. The van der Waals surface area contributed by atoms with Gasteiger partial charge in [-0.25, -0.2) is 5.43 Å². The first-order chi connectivity index (χ1) is 11.0. The van der Waals surface area contributed by atoms with Crippen LogP contribution in [0.4, 0.5) is 0 Å². The molecular weight excluding hydrogens is 339 g/mol. The highest BCUT2D eigenvalue weighted by Crippen LogP contribution is 2.26. The van der Waals surface area contributed by atoms with Gasteiger partial charge in [-0.2, -0.15) is 5.10 Å². The zero-order valence-corrected chi connectivity index (χ0v) is 13.7. The van der Waals surface area contributed by atoms with Crippen molar-refractivity contribution in [3.05, 3.63) is 57.6 Å². The fraction of sp³-hybridized carbons (Fsp3) is 0.125. The van der Waals surface area contributed by atoms with Gasteiger partial charge in [0, 0.05) is 5.56 Å². The van der Waals surface area contributed by atoms with Crippen LogP contribution in [-0.4, -0.2) is 23.8 Å². The number of carbonyl (C=O) groups excluding carboxylic acids is 1. The first-order valence-corrected chi connectivity index (χ1v) is 7.51. The summed E-state index contributed by atoms with van der Waals surface area (Å²) in [6.45, 7) is 2.25. The van der Waals surface area contributed by atoms with Crippen molar-refractivity contribution in [1.29, 1.82) is 0 Å². The van der Waals surface area contributed by atoms with E-state index in [1.807, 2.05) is 6.92 Å². The summed E-state index contributed by atoms with van der Waals surface area (Å²) in [5.74, 6) is -0.0141. The molecule has 2 N–H and O–H groups in total. The van der Waals surface area contributed by atoms with Gasteiger partial charge in [-0.15, -0.1) is 0 Å². The van der Waals surface area contributed by atoms with E-state index >= 15 is 0 Å². The molecule has 2 rings (SSSR count). The average molecular weight is 353 g/mol.